The van der Waals surface area contributed by atoms with E-state index >= 15 is 0 Å². The lowest BCUT2D eigenvalue weighted by Crippen LogP contribution is -2.41. The second-order valence-corrected chi connectivity index (χ2v) is 13.1. The Bertz CT molecular complexity index is 1460. The van der Waals surface area contributed by atoms with Crippen LogP contribution >= 0.6 is 0 Å². The van der Waals surface area contributed by atoms with Crippen LogP contribution in [0.1, 0.15) is 57.1 Å². The number of amides is 1. The molecule has 41 heavy (non-hydrogen) atoms. The number of anilines is 1. The Kier molecular flexibility index (Phi) is 8.82. The van der Waals surface area contributed by atoms with Crippen molar-refractivity contribution in [2.75, 3.05) is 18.1 Å². The van der Waals surface area contributed by atoms with Gasteiger partial charge < -0.3 is 15.4 Å². The molecule has 0 aromatic carbocycles. The molecule has 0 spiro atoms. The topological polar surface area (TPSA) is 145 Å². The summed E-state index contributed by atoms with van der Waals surface area (Å²) in [5.41, 5.74) is 3.46. The van der Waals surface area contributed by atoms with E-state index in [9.17, 15) is 26.4 Å². The van der Waals surface area contributed by atoms with Crippen LogP contribution in [-0.2, 0) is 21.8 Å². The van der Waals surface area contributed by atoms with Gasteiger partial charge in [-0.05, 0) is 59.1 Å². The molecule has 0 saturated carbocycles. The minimum absolute atomic E-state index is 0.0315. The van der Waals surface area contributed by atoms with Gasteiger partial charge in [-0.25, -0.2) is 23.1 Å². The number of alkyl halides is 3. The van der Waals surface area contributed by atoms with Crippen LogP contribution in [0.4, 0.5) is 24.8 Å². The molecule has 2 aromatic rings. The summed E-state index contributed by atoms with van der Waals surface area (Å²) in [6, 6.07) is 2.84. The highest BCUT2D eigenvalue weighted by Gasteiger charge is 2.48. The van der Waals surface area contributed by atoms with Crippen molar-refractivity contribution in [1.29, 1.82) is 0 Å². The molecule has 1 amide bonds. The number of allylic oxidation sites excluding steroid dienone is 1. The van der Waals surface area contributed by atoms with E-state index in [1.54, 1.807) is 7.05 Å². The third kappa shape index (κ3) is 7.37. The largest absolute Gasteiger partial charge is 0.478 e. The molecule has 1 aliphatic rings. The lowest BCUT2D eigenvalue weighted by Gasteiger charge is -2.33. The van der Waals surface area contributed by atoms with E-state index in [0.717, 1.165) is 20.3 Å². The smallest absolute Gasteiger partial charge is 0.397 e. The van der Waals surface area contributed by atoms with Gasteiger partial charge in [0.1, 0.15) is 17.3 Å². The van der Waals surface area contributed by atoms with E-state index in [-0.39, 0.29) is 39.6 Å². The standard InChI is InChI=1S/C26H36F3N7O4S/c1-16-12-25(5,6)36(13-16)22-18(23(37)34-41(38,39)19-14-35(7)33-17(19)2)8-9-21(32-22)31-11-10-20(30)40-15-24(3,4)26(27,28)29/h8-11,14,16H,12-13,15,30H2,1-7H3,(H,34,37)/b20-10+,31-11?/t16-/m0/s1. The molecule has 1 atom stereocenters. The van der Waals surface area contributed by atoms with Crippen LogP contribution < -0.4 is 15.4 Å². The number of aryl methyl sites for hydroxylation is 2. The summed E-state index contributed by atoms with van der Waals surface area (Å²) in [7, 11) is -2.65. The Labute approximate surface area is 237 Å². The number of sulfonamides is 1. The SMILES string of the molecule is Cc1nn(C)cc1S(=O)(=O)NC(=O)c1ccc(N=C/C=C(\N)OCC(C)(C)C(F)(F)F)nc1N1C[C@@H](C)CC1(C)C. The molecular weight excluding hydrogens is 563 g/mol. The van der Waals surface area contributed by atoms with Crippen LogP contribution in [0, 0.1) is 18.3 Å². The molecule has 3 rings (SSSR count). The third-order valence-electron chi connectivity index (χ3n) is 6.73. The molecule has 3 N–H and O–H groups in total. The molecular formula is C26H36F3N7O4S. The van der Waals surface area contributed by atoms with Crippen molar-refractivity contribution in [2.45, 2.75) is 64.6 Å². The van der Waals surface area contributed by atoms with Crippen molar-refractivity contribution in [2.24, 2.45) is 29.1 Å². The van der Waals surface area contributed by atoms with Crippen molar-refractivity contribution in [3.8, 4) is 0 Å². The van der Waals surface area contributed by atoms with Crippen molar-refractivity contribution in [1.82, 2.24) is 19.5 Å². The zero-order chi connectivity index (χ0) is 31.0. The number of carbonyl (C=O) groups excluding carboxylic acids is 1. The maximum atomic E-state index is 13.3. The molecule has 1 aliphatic heterocycles. The molecule has 1 fully saturated rings. The number of hydrogen-bond acceptors (Lipinski definition) is 9. The Morgan fingerprint density at radius 2 is 1.98 bits per heavy atom. The van der Waals surface area contributed by atoms with Crippen molar-refractivity contribution < 1.29 is 31.1 Å². The monoisotopic (exact) mass is 599 g/mol. The minimum atomic E-state index is -4.47. The van der Waals surface area contributed by atoms with Gasteiger partial charge in [-0.3, -0.25) is 9.48 Å². The van der Waals surface area contributed by atoms with E-state index in [1.807, 2.05) is 18.7 Å². The quantitative estimate of drug-likeness (QED) is 0.325. The first-order valence-corrected chi connectivity index (χ1v) is 14.3. The molecule has 0 aliphatic carbocycles. The van der Waals surface area contributed by atoms with E-state index in [0.29, 0.717) is 6.54 Å². The van der Waals surface area contributed by atoms with Gasteiger partial charge in [0.2, 0.25) is 0 Å². The second-order valence-electron chi connectivity index (χ2n) is 11.5. The number of ether oxygens (including phenoxy) is 1. The highest BCUT2D eigenvalue weighted by atomic mass is 32.2. The number of nitrogens with zero attached hydrogens (tertiary/aromatic N) is 5. The lowest BCUT2D eigenvalue weighted by molar-refractivity contribution is -0.223. The number of aliphatic imine (C=N–C) groups is 1. The first-order valence-electron chi connectivity index (χ1n) is 12.8. The molecule has 0 bridgehead atoms. The molecule has 11 nitrogen and oxygen atoms in total. The van der Waals surface area contributed by atoms with Crippen LogP contribution in [-0.4, -0.2) is 60.2 Å². The molecule has 2 aromatic heterocycles. The zero-order valence-corrected chi connectivity index (χ0v) is 24.9. The van der Waals surface area contributed by atoms with Crippen LogP contribution in [0.25, 0.3) is 0 Å². The summed E-state index contributed by atoms with van der Waals surface area (Å²) < 4.78 is 73.6. The maximum absolute atomic E-state index is 13.3. The lowest BCUT2D eigenvalue weighted by atomic mass is 9.94. The van der Waals surface area contributed by atoms with Gasteiger partial charge >= 0.3 is 6.18 Å². The molecule has 226 valence electrons. The highest BCUT2D eigenvalue weighted by molar-refractivity contribution is 7.90. The molecule has 0 unspecified atom stereocenters. The Morgan fingerprint density at radius 3 is 2.51 bits per heavy atom. The van der Waals surface area contributed by atoms with E-state index in [1.165, 1.54) is 42.2 Å². The maximum Gasteiger partial charge on any atom is 0.397 e. The summed E-state index contributed by atoms with van der Waals surface area (Å²) in [5, 5.41) is 4.03. The van der Waals surface area contributed by atoms with E-state index in [4.69, 9.17) is 10.5 Å². The fourth-order valence-corrected chi connectivity index (χ4v) is 5.69. The molecule has 15 heteroatoms. The number of nitrogens with one attached hydrogen (secondary N) is 1. The predicted molar refractivity (Wildman–Crippen MR) is 148 cm³/mol. The summed E-state index contributed by atoms with van der Waals surface area (Å²) >= 11 is 0. The molecule has 0 radical (unpaired) electrons. The summed E-state index contributed by atoms with van der Waals surface area (Å²) in [6.45, 7) is 9.47. The predicted octanol–water partition coefficient (Wildman–Crippen LogP) is 3.97. The minimum Gasteiger partial charge on any atom is -0.478 e. The fraction of sp³-hybridized carbons (Fsp3) is 0.538. The zero-order valence-electron chi connectivity index (χ0n) is 24.1. The van der Waals surface area contributed by atoms with Crippen molar-refractivity contribution in [3.05, 3.63) is 41.5 Å². The van der Waals surface area contributed by atoms with Gasteiger partial charge in [0, 0.05) is 37.6 Å². The van der Waals surface area contributed by atoms with Crippen molar-refractivity contribution in [3.63, 3.8) is 0 Å². The van der Waals surface area contributed by atoms with E-state index in [2.05, 4.69) is 26.7 Å². The normalized spacial score (nSPS) is 18.2. The summed E-state index contributed by atoms with van der Waals surface area (Å²) in [5.74, 6) is -0.459. The fourth-order valence-electron chi connectivity index (χ4n) is 4.51. The summed E-state index contributed by atoms with van der Waals surface area (Å²) in [6.07, 6.45) is 0.0580. The number of rotatable bonds is 9. The van der Waals surface area contributed by atoms with Crippen molar-refractivity contribution >= 4 is 33.8 Å². The Hall–Kier alpha value is -3.62. The van der Waals surface area contributed by atoms with Crippen LogP contribution in [0.2, 0.25) is 0 Å². The number of carbonyl (C=O) groups is 1. The van der Waals surface area contributed by atoms with Gasteiger partial charge in [0.25, 0.3) is 15.9 Å². The Morgan fingerprint density at radius 1 is 1.32 bits per heavy atom. The number of nitrogens with two attached hydrogens (primary N) is 1. The first-order chi connectivity index (χ1) is 18.7. The number of hydrogen-bond donors (Lipinski definition) is 2. The number of aromatic nitrogens is 3. The van der Waals surface area contributed by atoms with Gasteiger partial charge in [0.05, 0.1) is 16.7 Å². The van der Waals surface area contributed by atoms with E-state index < -0.39 is 39.7 Å². The second kappa shape index (κ2) is 11.3. The van der Waals surface area contributed by atoms with Gasteiger partial charge in [-0.15, -0.1) is 0 Å². The van der Waals surface area contributed by atoms with Gasteiger partial charge in [0.15, 0.2) is 11.7 Å². The average molecular weight is 600 g/mol. The van der Waals surface area contributed by atoms with Crippen LogP contribution in [0.3, 0.4) is 0 Å². The molecule has 1 saturated heterocycles. The third-order valence-corrected chi connectivity index (χ3v) is 8.17. The highest BCUT2D eigenvalue weighted by Crippen LogP contribution is 2.39. The average Bonchev–Trinajstić information content (AvgIpc) is 3.32. The van der Waals surface area contributed by atoms with Crippen LogP contribution in [0.15, 0.2) is 40.2 Å². The summed E-state index contributed by atoms with van der Waals surface area (Å²) in [4.78, 5) is 23.9. The number of pyridine rings is 1. The van der Waals surface area contributed by atoms with Gasteiger partial charge in [-0.2, -0.15) is 18.3 Å². The first kappa shape index (κ1) is 31.9. The number of halogens is 3. The molecule has 3 heterocycles. The Balaban J connectivity index is 1.90. The van der Waals surface area contributed by atoms with Crippen LogP contribution in [0.5, 0.6) is 0 Å². The van der Waals surface area contributed by atoms with Gasteiger partial charge in [-0.1, -0.05) is 6.92 Å².